The van der Waals surface area contributed by atoms with E-state index in [1.165, 1.54) is 11.0 Å². The Bertz CT molecular complexity index is 1310. The van der Waals surface area contributed by atoms with E-state index in [2.05, 4.69) is 25.7 Å². The Kier molecular flexibility index (Phi) is 9.39. The number of rotatable bonds is 9. The second-order valence-electron chi connectivity index (χ2n) is 9.83. The first kappa shape index (κ1) is 28.8. The van der Waals surface area contributed by atoms with Crippen molar-refractivity contribution in [3.8, 4) is 5.75 Å². The fourth-order valence-corrected chi connectivity index (χ4v) is 4.76. The van der Waals surface area contributed by atoms with Crippen LogP contribution < -0.4 is 10.1 Å². The second kappa shape index (κ2) is 12.7. The smallest absolute Gasteiger partial charge is 0.258 e. The third-order valence-electron chi connectivity index (χ3n) is 6.57. The van der Waals surface area contributed by atoms with Gasteiger partial charge in [-0.25, -0.2) is 4.68 Å². The van der Waals surface area contributed by atoms with Crippen molar-refractivity contribution in [1.82, 2.24) is 30.0 Å². The molecule has 3 aromatic rings. The summed E-state index contributed by atoms with van der Waals surface area (Å²) in [5.41, 5.74) is 1.75. The molecule has 2 amide bonds. The van der Waals surface area contributed by atoms with Gasteiger partial charge in [0.15, 0.2) is 0 Å². The van der Waals surface area contributed by atoms with Crippen molar-refractivity contribution in [1.29, 1.82) is 0 Å². The molecule has 0 bridgehead atoms. The standard InChI is InChI=1S/C26H31Cl2N7O4/c1-16-10-35(17(2)14-36)26(38)20-9-19(30-25(37)13-34-15-29-31-32-34)5-7-23(20)39-24(16)12-33(3)11-18-4-6-21(27)22(28)8-18/h4-9,15-17,24,36H,10-14H2,1-3H3,(H,30,37)/t16-,17-,24+/m1/s1. The summed E-state index contributed by atoms with van der Waals surface area (Å²) in [7, 11) is 1.99. The van der Waals surface area contributed by atoms with E-state index in [0.29, 0.717) is 46.7 Å². The molecule has 0 aliphatic carbocycles. The summed E-state index contributed by atoms with van der Waals surface area (Å²) in [6, 6.07) is 10.1. The van der Waals surface area contributed by atoms with Crippen LogP contribution in [0, 0.1) is 5.92 Å². The number of carbonyl (C=O) groups excluding carboxylic acids is 2. The largest absolute Gasteiger partial charge is 0.488 e. The second-order valence-corrected chi connectivity index (χ2v) is 10.6. The van der Waals surface area contributed by atoms with E-state index in [0.717, 1.165) is 5.56 Å². The summed E-state index contributed by atoms with van der Waals surface area (Å²) in [5.74, 6) is -0.258. The highest BCUT2D eigenvalue weighted by Crippen LogP contribution is 2.31. The summed E-state index contributed by atoms with van der Waals surface area (Å²) in [5, 5.41) is 24.4. The number of tetrazole rings is 1. The molecule has 2 aromatic carbocycles. The molecule has 208 valence electrons. The summed E-state index contributed by atoms with van der Waals surface area (Å²) in [6.07, 6.45) is 1.07. The molecular weight excluding hydrogens is 545 g/mol. The molecule has 0 unspecified atom stereocenters. The van der Waals surface area contributed by atoms with Crippen LogP contribution in [0.2, 0.25) is 10.0 Å². The highest BCUT2D eigenvalue weighted by atomic mass is 35.5. The van der Waals surface area contributed by atoms with E-state index >= 15 is 0 Å². The van der Waals surface area contributed by atoms with Crippen LogP contribution in [0.3, 0.4) is 0 Å². The van der Waals surface area contributed by atoms with Crippen molar-refractivity contribution in [2.24, 2.45) is 5.92 Å². The molecule has 3 atom stereocenters. The molecule has 13 heteroatoms. The number of carbonyl (C=O) groups is 2. The highest BCUT2D eigenvalue weighted by molar-refractivity contribution is 6.42. The van der Waals surface area contributed by atoms with Crippen LogP contribution in [0.1, 0.15) is 29.8 Å². The molecule has 1 aliphatic heterocycles. The minimum Gasteiger partial charge on any atom is -0.488 e. The number of aliphatic hydroxyl groups excluding tert-OH is 1. The van der Waals surface area contributed by atoms with Crippen LogP contribution in [0.25, 0.3) is 0 Å². The molecule has 1 aromatic heterocycles. The number of hydrogen-bond acceptors (Lipinski definition) is 8. The van der Waals surface area contributed by atoms with Crippen LogP contribution in [-0.4, -0.2) is 85.8 Å². The van der Waals surface area contributed by atoms with Gasteiger partial charge in [0.25, 0.3) is 5.91 Å². The number of amides is 2. The van der Waals surface area contributed by atoms with Crippen molar-refractivity contribution < 1.29 is 19.4 Å². The Balaban J connectivity index is 1.56. The summed E-state index contributed by atoms with van der Waals surface area (Å²) < 4.78 is 7.73. The number of likely N-dealkylation sites (N-methyl/N-ethyl adjacent to an activating group) is 1. The van der Waals surface area contributed by atoms with Gasteiger partial charge in [-0.15, -0.1) is 5.10 Å². The third-order valence-corrected chi connectivity index (χ3v) is 7.31. The van der Waals surface area contributed by atoms with Crippen molar-refractivity contribution in [3.63, 3.8) is 0 Å². The van der Waals surface area contributed by atoms with Crippen molar-refractivity contribution >= 4 is 40.7 Å². The highest BCUT2D eigenvalue weighted by Gasteiger charge is 2.33. The fraction of sp³-hybridized carbons (Fsp3) is 0.423. The lowest BCUT2D eigenvalue weighted by molar-refractivity contribution is -0.116. The molecule has 0 saturated carbocycles. The SMILES string of the molecule is C[C@@H]1CN([C@H](C)CO)C(=O)c2cc(NC(=O)Cn3cnnn3)ccc2O[C@H]1CN(C)Cc1ccc(Cl)c(Cl)c1. The maximum atomic E-state index is 13.6. The monoisotopic (exact) mass is 575 g/mol. The molecule has 0 fully saturated rings. The number of fused-ring (bicyclic) bond motifs is 1. The molecular formula is C26H31Cl2N7O4. The van der Waals surface area contributed by atoms with E-state index in [1.807, 2.05) is 26.1 Å². The molecule has 0 saturated heterocycles. The average Bonchev–Trinajstić information content (AvgIpc) is 3.41. The average molecular weight is 576 g/mol. The Morgan fingerprint density at radius 2 is 2.05 bits per heavy atom. The Hall–Kier alpha value is -3.25. The van der Waals surface area contributed by atoms with Gasteiger partial charge < -0.3 is 20.1 Å². The summed E-state index contributed by atoms with van der Waals surface area (Å²) in [4.78, 5) is 29.9. The van der Waals surface area contributed by atoms with Crippen LogP contribution in [0.5, 0.6) is 5.75 Å². The van der Waals surface area contributed by atoms with Crippen molar-refractivity contribution in [3.05, 3.63) is 63.9 Å². The number of halogens is 2. The lowest BCUT2D eigenvalue weighted by Gasteiger charge is -2.38. The third kappa shape index (κ3) is 7.24. The molecule has 2 heterocycles. The molecule has 0 spiro atoms. The Morgan fingerprint density at radius 3 is 2.74 bits per heavy atom. The van der Waals surface area contributed by atoms with Crippen LogP contribution in [0.15, 0.2) is 42.7 Å². The number of aliphatic hydroxyl groups is 1. The zero-order valence-electron chi connectivity index (χ0n) is 21.9. The minimum atomic E-state index is -0.404. The zero-order chi connectivity index (χ0) is 28.1. The van der Waals surface area contributed by atoms with Gasteiger partial charge in [0.05, 0.1) is 28.3 Å². The lowest BCUT2D eigenvalue weighted by Crippen LogP contribution is -2.49. The first-order chi connectivity index (χ1) is 18.6. The number of ether oxygens (including phenoxy) is 1. The van der Waals surface area contributed by atoms with E-state index in [4.69, 9.17) is 27.9 Å². The first-order valence-electron chi connectivity index (χ1n) is 12.5. The maximum Gasteiger partial charge on any atom is 0.258 e. The quantitative estimate of drug-likeness (QED) is 0.399. The van der Waals surface area contributed by atoms with E-state index in [-0.39, 0.29) is 37.0 Å². The predicted molar refractivity (Wildman–Crippen MR) is 147 cm³/mol. The van der Waals surface area contributed by atoms with E-state index in [9.17, 15) is 14.7 Å². The van der Waals surface area contributed by atoms with Gasteiger partial charge in [0.1, 0.15) is 24.7 Å². The predicted octanol–water partition coefficient (Wildman–Crippen LogP) is 2.97. The summed E-state index contributed by atoms with van der Waals surface area (Å²) in [6.45, 7) is 5.16. The van der Waals surface area contributed by atoms with Crippen molar-refractivity contribution in [2.45, 2.75) is 39.1 Å². The van der Waals surface area contributed by atoms with Crippen LogP contribution in [0.4, 0.5) is 5.69 Å². The number of hydrogen-bond donors (Lipinski definition) is 2. The number of nitrogens with one attached hydrogen (secondary N) is 1. The normalized spacial score (nSPS) is 18.2. The van der Waals surface area contributed by atoms with Crippen LogP contribution >= 0.6 is 23.2 Å². The van der Waals surface area contributed by atoms with Gasteiger partial charge in [-0.3, -0.25) is 14.5 Å². The van der Waals surface area contributed by atoms with Crippen LogP contribution in [-0.2, 0) is 17.9 Å². The van der Waals surface area contributed by atoms with Gasteiger partial charge in [-0.2, -0.15) is 0 Å². The molecule has 2 N–H and O–H groups in total. The lowest BCUT2D eigenvalue weighted by atomic mass is 9.99. The van der Waals surface area contributed by atoms with Gasteiger partial charge in [0, 0.05) is 31.2 Å². The Morgan fingerprint density at radius 1 is 1.26 bits per heavy atom. The number of nitrogens with zero attached hydrogens (tertiary/aromatic N) is 6. The summed E-state index contributed by atoms with van der Waals surface area (Å²) >= 11 is 12.3. The fourth-order valence-electron chi connectivity index (χ4n) is 4.44. The maximum absolute atomic E-state index is 13.6. The Labute approximate surface area is 236 Å². The molecule has 4 rings (SSSR count). The van der Waals surface area contributed by atoms with Gasteiger partial charge in [-0.1, -0.05) is 36.2 Å². The van der Waals surface area contributed by atoms with E-state index in [1.54, 1.807) is 36.1 Å². The first-order valence-corrected chi connectivity index (χ1v) is 13.3. The molecule has 1 aliphatic rings. The topological polar surface area (TPSA) is 126 Å². The molecule has 0 radical (unpaired) electrons. The van der Waals surface area contributed by atoms with Gasteiger partial charge in [-0.05, 0) is 60.3 Å². The van der Waals surface area contributed by atoms with Gasteiger partial charge in [0.2, 0.25) is 5.91 Å². The number of anilines is 1. The molecule has 39 heavy (non-hydrogen) atoms. The minimum absolute atomic E-state index is 0.0389. The van der Waals surface area contributed by atoms with E-state index < -0.39 is 6.04 Å². The zero-order valence-corrected chi connectivity index (χ0v) is 23.4. The number of benzene rings is 2. The molecule has 11 nitrogen and oxygen atoms in total. The van der Waals surface area contributed by atoms with Crippen molar-refractivity contribution in [2.75, 3.05) is 32.1 Å². The van der Waals surface area contributed by atoms with Gasteiger partial charge >= 0.3 is 0 Å². The number of aromatic nitrogens is 4.